The molecule has 0 fully saturated rings. The monoisotopic (exact) mass is 227 g/mol. The molecule has 5 heteroatoms. The fraction of sp³-hybridized carbons (Fsp3) is 0.727. The number of carbonyl (C=O) groups is 2. The first-order chi connectivity index (χ1) is 7.17. The number of nitriles is 1. The summed E-state index contributed by atoms with van der Waals surface area (Å²) < 4.78 is 4.84. The molecule has 0 aromatic carbocycles. The molecule has 0 spiro atoms. The highest BCUT2D eigenvalue weighted by Gasteiger charge is 2.30. The molecular weight excluding hydrogens is 210 g/mol. The van der Waals surface area contributed by atoms with Crippen molar-refractivity contribution in [1.29, 1.82) is 5.26 Å². The van der Waals surface area contributed by atoms with Crippen molar-refractivity contribution >= 4 is 11.8 Å². The van der Waals surface area contributed by atoms with Crippen LogP contribution in [0, 0.1) is 17.2 Å². The molecular formula is C11H17NO4. The van der Waals surface area contributed by atoms with E-state index in [1.54, 1.807) is 26.8 Å². The second-order valence-electron chi connectivity index (χ2n) is 4.63. The summed E-state index contributed by atoms with van der Waals surface area (Å²) in [5, 5.41) is 17.8. The molecule has 0 aliphatic rings. The van der Waals surface area contributed by atoms with Gasteiger partial charge in [-0.2, -0.15) is 5.26 Å². The van der Waals surface area contributed by atoms with Crippen molar-refractivity contribution in [1.82, 2.24) is 0 Å². The van der Waals surface area contributed by atoms with Crippen LogP contribution in [0.2, 0.25) is 0 Å². The Kier molecular flexibility index (Phi) is 5.12. The van der Waals surface area contributed by atoms with E-state index in [9.17, 15) is 9.59 Å². The average Bonchev–Trinajstić information content (AvgIpc) is 2.09. The first-order valence-corrected chi connectivity index (χ1v) is 5.02. The molecule has 0 radical (unpaired) electrons. The third-order valence-electron chi connectivity index (χ3n) is 1.65. The van der Waals surface area contributed by atoms with Gasteiger partial charge in [0.05, 0.1) is 12.2 Å². The van der Waals surface area contributed by atoms with Crippen molar-refractivity contribution in [2.75, 3.05) is 0 Å². The lowest BCUT2D eigenvalue weighted by atomic mass is 9.99. The molecule has 0 aromatic rings. The van der Waals surface area contributed by atoms with Crippen LogP contribution in [0.1, 0.15) is 34.1 Å². The highest BCUT2D eigenvalue weighted by atomic mass is 16.6. The zero-order valence-electron chi connectivity index (χ0n) is 9.98. The highest BCUT2D eigenvalue weighted by Crippen LogP contribution is 2.12. The van der Waals surface area contributed by atoms with Crippen LogP contribution in [0.4, 0.5) is 0 Å². The topological polar surface area (TPSA) is 87.4 Å². The molecule has 0 aliphatic carbocycles. The zero-order valence-corrected chi connectivity index (χ0v) is 9.98. The van der Waals surface area contributed by atoms with Crippen molar-refractivity contribution in [3.8, 4) is 6.07 Å². The molecule has 2 atom stereocenters. The summed E-state index contributed by atoms with van der Waals surface area (Å²) in [6.07, 6.45) is -0.870. The van der Waals surface area contributed by atoms with Crippen molar-refractivity contribution in [3.63, 3.8) is 0 Å². The largest absolute Gasteiger partial charge is 0.454 e. The first-order valence-electron chi connectivity index (χ1n) is 5.02. The third-order valence-corrected chi connectivity index (χ3v) is 1.65. The summed E-state index contributed by atoms with van der Waals surface area (Å²) >= 11 is 0. The predicted molar refractivity (Wildman–Crippen MR) is 56.3 cm³/mol. The molecule has 0 aromatic heterocycles. The molecule has 16 heavy (non-hydrogen) atoms. The van der Waals surface area contributed by atoms with E-state index in [0.29, 0.717) is 0 Å². The highest BCUT2D eigenvalue weighted by molar-refractivity contribution is 6.35. The van der Waals surface area contributed by atoms with E-state index in [0.717, 1.165) is 0 Å². The molecule has 0 bridgehead atoms. The number of hydrogen-bond acceptors (Lipinski definition) is 5. The SMILES string of the molecule is C[C@H](O)CC(C#N)C(=O)C(=O)OC(C)(C)C. The van der Waals surface area contributed by atoms with Gasteiger partial charge in [0.1, 0.15) is 11.5 Å². The summed E-state index contributed by atoms with van der Waals surface area (Å²) in [7, 11) is 0. The van der Waals surface area contributed by atoms with Gasteiger partial charge in [0.15, 0.2) is 0 Å². The Bertz CT molecular complexity index is 309. The Balaban J connectivity index is 4.54. The lowest BCUT2D eigenvalue weighted by Gasteiger charge is -2.19. The predicted octanol–water partition coefficient (Wildman–Crippen LogP) is 0.808. The van der Waals surface area contributed by atoms with Crippen LogP contribution in [-0.2, 0) is 14.3 Å². The normalized spacial score (nSPS) is 14.8. The van der Waals surface area contributed by atoms with Crippen LogP contribution in [0.15, 0.2) is 0 Å². The number of esters is 1. The second-order valence-corrected chi connectivity index (χ2v) is 4.63. The van der Waals surface area contributed by atoms with Gasteiger partial charge in [-0.25, -0.2) is 4.79 Å². The Labute approximate surface area is 95.0 Å². The Morgan fingerprint density at radius 2 is 1.94 bits per heavy atom. The second kappa shape index (κ2) is 5.61. The van der Waals surface area contributed by atoms with Crippen LogP contribution >= 0.6 is 0 Å². The van der Waals surface area contributed by atoms with Gasteiger partial charge in [-0.05, 0) is 34.1 Å². The molecule has 1 unspecified atom stereocenters. The van der Waals surface area contributed by atoms with Crippen molar-refractivity contribution in [3.05, 3.63) is 0 Å². The van der Waals surface area contributed by atoms with Gasteiger partial charge >= 0.3 is 5.97 Å². The van der Waals surface area contributed by atoms with E-state index in [4.69, 9.17) is 15.1 Å². The Morgan fingerprint density at radius 3 is 2.25 bits per heavy atom. The van der Waals surface area contributed by atoms with E-state index in [1.807, 2.05) is 0 Å². The van der Waals surface area contributed by atoms with Gasteiger partial charge in [0.2, 0.25) is 0 Å². The number of aliphatic hydroxyl groups excluding tert-OH is 1. The summed E-state index contributed by atoms with van der Waals surface area (Å²) in [5.41, 5.74) is -0.766. The molecule has 0 aliphatic heterocycles. The van der Waals surface area contributed by atoms with Gasteiger partial charge in [0, 0.05) is 0 Å². The lowest BCUT2D eigenvalue weighted by Crippen LogP contribution is -2.33. The minimum absolute atomic E-state index is 0.0609. The van der Waals surface area contributed by atoms with Crippen molar-refractivity contribution < 1.29 is 19.4 Å². The average molecular weight is 227 g/mol. The fourth-order valence-corrected chi connectivity index (χ4v) is 1.03. The third kappa shape index (κ3) is 5.47. The van der Waals surface area contributed by atoms with Gasteiger partial charge in [0.25, 0.3) is 5.78 Å². The van der Waals surface area contributed by atoms with E-state index >= 15 is 0 Å². The van der Waals surface area contributed by atoms with E-state index in [1.165, 1.54) is 6.92 Å². The quantitative estimate of drug-likeness (QED) is 0.567. The number of carbonyl (C=O) groups excluding carboxylic acids is 2. The summed E-state index contributed by atoms with van der Waals surface area (Å²) in [4.78, 5) is 22.8. The minimum Gasteiger partial charge on any atom is -0.454 e. The maximum atomic E-state index is 11.5. The number of ether oxygens (including phenoxy) is 1. The fourth-order valence-electron chi connectivity index (χ4n) is 1.03. The van der Waals surface area contributed by atoms with Gasteiger partial charge in [-0.3, -0.25) is 4.79 Å². The van der Waals surface area contributed by atoms with Crippen LogP contribution in [-0.4, -0.2) is 28.6 Å². The minimum atomic E-state index is -1.14. The molecule has 0 heterocycles. The number of hydrogen-bond donors (Lipinski definition) is 1. The van der Waals surface area contributed by atoms with Crippen molar-refractivity contribution in [2.45, 2.75) is 45.8 Å². The number of rotatable bonds is 4. The number of Topliss-reactive ketones (excluding diaryl/α,β-unsaturated/α-hetero) is 1. The van der Waals surface area contributed by atoms with Gasteiger partial charge in [-0.15, -0.1) is 0 Å². The summed E-state index contributed by atoms with van der Waals surface area (Å²) in [5.74, 6) is -3.08. The maximum Gasteiger partial charge on any atom is 0.376 e. The zero-order chi connectivity index (χ0) is 12.9. The van der Waals surface area contributed by atoms with Crippen LogP contribution in [0.5, 0.6) is 0 Å². The Morgan fingerprint density at radius 1 is 1.44 bits per heavy atom. The number of aliphatic hydroxyl groups is 1. The molecule has 0 saturated carbocycles. The van der Waals surface area contributed by atoms with Crippen LogP contribution < -0.4 is 0 Å². The Hall–Kier alpha value is -1.41. The van der Waals surface area contributed by atoms with E-state index < -0.39 is 29.4 Å². The molecule has 0 amide bonds. The van der Waals surface area contributed by atoms with Gasteiger partial charge < -0.3 is 9.84 Å². The van der Waals surface area contributed by atoms with E-state index in [-0.39, 0.29) is 6.42 Å². The molecule has 5 nitrogen and oxygen atoms in total. The van der Waals surface area contributed by atoms with Crippen molar-refractivity contribution in [2.24, 2.45) is 5.92 Å². The molecule has 90 valence electrons. The standard InChI is InChI=1S/C11H17NO4/c1-7(13)5-8(6-12)9(14)10(15)16-11(2,3)4/h7-8,13H,5H2,1-4H3/t7-,8?/m0/s1. The van der Waals surface area contributed by atoms with Crippen LogP contribution in [0.25, 0.3) is 0 Å². The summed E-state index contributed by atoms with van der Waals surface area (Å²) in [6.45, 7) is 6.35. The molecule has 0 saturated heterocycles. The maximum absolute atomic E-state index is 11.5. The van der Waals surface area contributed by atoms with Crippen LogP contribution in [0.3, 0.4) is 0 Å². The lowest BCUT2D eigenvalue weighted by molar-refractivity contribution is -0.163. The van der Waals surface area contributed by atoms with E-state index in [2.05, 4.69) is 0 Å². The number of ketones is 1. The molecule has 0 rings (SSSR count). The van der Waals surface area contributed by atoms with Gasteiger partial charge in [-0.1, -0.05) is 0 Å². The smallest absolute Gasteiger partial charge is 0.376 e. The summed E-state index contributed by atoms with van der Waals surface area (Å²) in [6, 6.07) is 1.69. The number of nitrogens with zero attached hydrogens (tertiary/aromatic N) is 1. The first kappa shape index (κ1) is 14.6. The molecule has 1 N–H and O–H groups in total.